The lowest BCUT2D eigenvalue weighted by atomic mass is 10.2. The van der Waals surface area contributed by atoms with Crippen molar-refractivity contribution in [1.29, 1.82) is 0 Å². The number of piperazine rings is 1. The maximum Gasteiger partial charge on any atom is 0.270 e. The van der Waals surface area contributed by atoms with Gasteiger partial charge in [-0.2, -0.15) is 4.31 Å². The summed E-state index contributed by atoms with van der Waals surface area (Å²) in [6.07, 6.45) is 3.58. The first-order chi connectivity index (χ1) is 16.4. The van der Waals surface area contributed by atoms with Gasteiger partial charge in [-0.3, -0.25) is 9.78 Å². The van der Waals surface area contributed by atoms with Gasteiger partial charge in [-0.05, 0) is 42.3 Å². The SMILES string of the molecule is Cc1cnc2c(S(=O)(=O)N3CCN(C(=O)c4cccn4Cc4ccccc4)CC3)cccc2c1. The van der Waals surface area contributed by atoms with Crippen molar-refractivity contribution >= 4 is 26.8 Å². The Morgan fingerprint density at radius 2 is 1.71 bits per heavy atom. The monoisotopic (exact) mass is 474 g/mol. The zero-order valence-corrected chi connectivity index (χ0v) is 19.8. The molecule has 1 amide bonds. The molecule has 2 aromatic carbocycles. The molecule has 8 heteroatoms. The maximum absolute atomic E-state index is 13.4. The van der Waals surface area contributed by atoms with Gasteiger partial charge < -0.3 is 9.47 Å². The van der Waals surface area contributed by atoms with Crippen LogP contribution in [0.25, 0.3) is 10.9 Å². The van der Waals surface area contributed by atoms with Crippen LogP contribution in [0.3, 0.4) is 0 Å². The molecule has 174 valence electrons. The molecule has 0 N–H and O–H groups in total. The molecule has 0 aliphatic carbocycles. The van der Waals surface area contributed by atoms with Crippen molar-refractivity contribution in [3.05, 3.63) is 95.9 Å². The number of hydrogen-bond donors (Lipinski definition) is 0. The van der Waals surface area contributed by atoms with E-state index in [0.29, 0.717) is 30.8 Å². The Hall–Kier alpha value is -3.49. The van der Waals surface area contributed by atoms with Crippen molar-refractivity contribution in [3.63, 3.8) is 0 Å². The summed E-state index contributed by atoms with van der Waals surface area (Å²) < 4.78 is 30.2. The highest BCUT2D eigenvalue weighted by molar-refractivity contribution is 7.89. The van der Waals surface area contributed by atoms with E-state index >= 15 is 0 Å². The smallest absolute Gasteiger partial charge is 0.270 e. The van der Waals surface area contributed by atoms with Gasteiger partial charge in [-0.25, -0.2) is 8.42 Å². The summed E-state index contributed by atoms with van der Waals surface area (Å²) in [4.78, 5) is 19.6. The Morgan fingerprint density at radius 1 is 0.941 bits per heavy atom. The molecule has 1 fully saturated rings. The average molecular weight is 475 g/mol. The minimum Gasteiger partial charge on any atom is -0.339 e. The second kappa shape index (κ2) is 9.04. The molecule has 1 saturated heterocycles. The number of carbonyl (C=O) groups excluding carboxylic acids is 1. The van der Waals surface area contributed by atoms with Gasteiger partial charge in [0, 0.05) is 50.5 Å². The van der Waals surface area contributed by atoms with Crippen LogP contribution in [0, 0.1) is 6.92 Å². The standard InChI is InChI=1S/C26H26N4O3S/c1-20-17-22-9-5-11-24(25(22)27-18-20)34(32,33)30-15-13-28(14-16-30)26(31)23-10-6-12-29(23)19-21-7-3-2-4-8-21/h2-12,17-18H,13-16,19H2,1H3. The first-order valence-corrected chi connectivity index (χ1v) is 12.7. The van der Waals surface area contributed by atoms with Gasteiger partial charge in [-0.1, -0.05) is 42.5 Å². The van der Waals surface area contributed by atoms with E-state index in [1.807, 2.05) is 72.3 Å². The van der Waals surface area contributed by atoms with Gasteiger partial charge >= 0.3 is 0 Å². The molecule has 7 nitrogen and oxygen atoms in total. The molecule has 5 rings (SSSR count). The summed E-state index contributed by atoms with van der Waals surface area (Å²) in [6.45, 7) is 3.71. The summed E-state index contributed by atoms with van der Waals surface area (Å²) in [6, 6.07) is 20.8. The Labute approximate surface area is 199 Å². The molecule has 2 aromatic heterocycles. The lowest BCUT2D eigenvalue weighted by Crippen LogP contribution is -2.50. The van der Waals surface area contributed by atoms with Gasteiger partial charge in [0.05, 0.1) is 5.52 Å². The first kappa shape index (κ1) is 22.3. The first-order valence-electron chi connectivity index (χ1n) is 11.3. The predicted molar refractivity (Wildman–Crippen MR) is 131 cm³/mol. The fourth-order valence-electron chi connectivity index (χ4n) is 4.41. The second-order valence-electron chi connectivity index (χ2n) is 8.54. The number of aryl methyl sites for hydroxylation is 1. The molecule has 1 aliphatic heterocycles. The number of rotatable bonds is 5. The summed E-state index contributed by atoms with van der Waals surface area (Å²) in [5.74, 6) is -0.0831. The molecule has 0 unspecified atom stereocenters. The molecule has 4 aromatic rings. The average Bonchev–Trinajstić information content (AvgIpc) is 3.31. The fraction of sp³-hybridized carbons (Fsp3) is 0.231. The summed E-state index contributed by atoms with van der Waals surface area (Å²) in [7, 11) is -3.73. The van der Waals surface area contributed by atoms with Crippen LogP contribution in [-0.2, 0) is 16.6 Å². The summed E-state index contributed by atoms with van der Waals surface area (Å²) in [5.41, 5.74) is 3.17. The van der Waals surface area contributed by atoms with Crippen LogP contribution in [0.2, 0.25) is 0 Å². The van der Waals surface area contributed by atoms with Crippen LogP contribution in [0.1, 0.15) is 21.6 Å². The van der Waals surface area contributed by atoms with Gasteiger partial charge in [0.15, 0.2) is 0 Å². The third kappa shape index (κ3) is 4.22. The molecule has 0 saturated carbocycles. The molecule has 34 heavy (non-hydrogen) atoms. The van der Waals surface area contributed by atoms with Crippen LogP contribution in [0.15, 0.2) is 84.0 Å². The van der Waals surface area contributed by atoms with Crippen molar-refractivity contribution in [1.82, 2.24) is 18.8 Å². The topological polar surface area (TPSA) is 75.5 Å². The lowest BCUT2D eigenvalue weighted by molar-refractivity contribution is 0.0687. The molecular weight excluding hydrogens is 448 g/mol. The number of nitrogens with zero attached hydrogens (tertiary/aromatic N) is 4. The number of para-hydroxylation sites is 1. The molecule has 0 bridgehead atoms. The van der Waals surface area contributed by atoms with E-state index < -0.39 is 10.0 Å². The van der Waals surface area contributed by atoms with Crippen LogP contribution >= 0.6 is 0 Å². The van der Waals surface area contributed by atoms with E-state index in [0.717, 1.165) is 16.5 Å². The highest BCUT2D eigenvalue weighted by Gasteiger charge is 2.32. The van der Waals surface area contributed by atoms with E-state index in [1.165, 1.54) is 4.31 Å². The minimum absolute atomic E-state index is 0.0831. The Kier molecular flexibility index (Phi) is 5.93. The number of pyridine rings is 1. The number of amides is 1. The van der Waals surface area contributed by atoms with Crippen molar-refractivity contribution in [2.24, 2.45) is 0 Å². The molecular formula is C26H26N4O3S. The van der Waals surface area contributed by atoms with Crippen LogP contribution in [0.4, 0.5) is 0 Å². The van der Waals surface area contributed by atoms with E-state index in [9.17, 15) is 13.2 Å². The minimum atomic E-state index is -3.73. The molecule has 3 heterocycles. The van der Waals surface area contributed by atoms with E-state index in [4.69, 9.17) is 0 Å². The molecule has 0 atom stereocenters. The van der Waals surface area contributed by atoms with Crippen LogP contribution < -0.4 is 0 Å². The number of sulfonamides is 1. The van der Waals surface area contributed by atoms with Crippen molar-refractivity contribution < 1.29 is 13.2 Å². The number of aromatic nitrogens is 2. The number of hydrogen-bond acceptors (Lipinski definition) is 4. The summed E-state index contributed by atoms with van der Waals surface area (Å²) >= 11 is 0. The zero-order valence-electron chi connectivity index (χ0n) is 19.0. The van der Waals surface area contributed by atoms with E-state index in [2.05, 4.69) is 4.98 Å². The van der Waals surface area contributed by atoms with Crippen LogP contribution in [-0.4, -0.2) is 59.3 Å². The van der Waals surface area contributed by atoms with Gasteiger partial charge in [-0.15, -0.1) is 0 Å². The van der Waals surface area contributed by atoms with Crippen molar-refractivity contribution in [2.75, 3.05) is 26.2 Å². The maximum atomic E-state index is 13.4. The lowest BCUT2D eigenvalue weighted by Gasteiger charge is -2.34. The quantitative estimate of drug-likeness (QED) is 0.443. The number of fused-ring (bicyclic) bond motifs is 1. The Bertz CT molecular complexity index is 1440. The Balaban J connectivity index is 1.31. The fourth-order valence-corrected chi connectivity index (χ4v) is 6.00. The highest BCUT2D eigenvalue weighted by Crippen LogP contribution is 2.26. The largest absolute Gasteiger partial charge is 0.339 e. The molecule has 1 aliphatic rings. The van der Waals surface area contributed by atoms with Gasteiger partial charge in [0.1, 0.15) is 10.6 Å². The van der Waals surface area contributed by atoms with Gasteiger partial charge in [0.25, 0.3) is 5.91 Å². The Morgan fingerprint density at radius 3 is 2.47 bits per heavy atom. The highest BCUT2D eigenvalue weighted by atomic mass is 32.2. The normalized spacial score (nSPS) is 15.0. The number of benzene rings is 2. The number of carbonyl (C=O) groups is 1. The predicted octanol–water partition coefficient (Wildman–Crippen LogP) is 3.54. The third-order valence-electron chi connectivity index (χ3n) is 6.20. The molecule has 0 spiro atoms. The zero-order chi connectivity index (χ0) is 23.7. The van der Waals surface area contributed by atoms with Gasteiger partial charge in [0.2, 0.25) is 10.0 Å². The van der Waals surface area contributed by atoms with Crippen molar-refractivity contribution in [2.45, 2.75) is 18.4 Å². The summed E-state index contributed by atoms with van der Waals surface area (Å²) in [5, 5.41) is 0.800. The van der Waals surface area contributed by atoms with E-state index in [-0.39, 0.29) is 23.9 Å². The second-order valence-corrected chi connectivity index (χ2v) is 10.5. The van der Waals surface area contributed by atoms with E-state index in [1.54, 1.807) is 23.2 Å². The third-order valence-corrected chi connectivity index (χ3v) is 8.13. The van der Waals surface area contributed by atoms with Crippen LogP contribution in [0.5, 0.6) is 0 Å². The van der Waals surface area contributed by atoms with Crippen molar-refractivity contribution in [3.8, 4) is 0 Å². The molecule has 0 radical (unpaired) electrons.